The molecule has 2 rings (SSSR count). The van der Waals surface area contributed by atoms with Gasteiger partial charge in [-0.1, -0.05) is 0 Å². The number of rotatable bonds is 0. The maximum absolute atomic E-state index is 11.1. The van der Waals surface area contributed by atoms with Gasteiger partial charge in [-0.25, -0.2) is 0 Å². The molecule has 0 amide bonds. The highest BCUT2D eigenvalue weighted by molar-refractivity contribution is 5.89. The first-order chi connectivity index (χ1) is 5.27. The van der Waals surface area contributed by atoms with Crippen LogP contribution in [0.15, 0.2) is 0 Å². The Bertz CT molecular complexity index is 209. The largest absolute Gasteiger partial charge is 0.454 e. The Morgan fingerprint density at radius 2 is 2.18 bits per heavy atom. The van der Waals surface area contributed by atoms with Gasteiger partial charge in [0.15, 0.2) is 11.9 Å². The summed E-state index contributed by atoms with van der Waals surface area (Å²) < 4.78 is 4.89. The van der Waals surface area contributed by atoms with Crippen molar-refractivity contribution in [3.05, 3.63) is 0 Å². The summed E-state index contributed by atoms with van der Waals surface area (Å²) in [6.07, 6.45) is 2.57. The minimum Gasteiger partial charge on any atom is -0.454 e. The molecule has 2 atom stereocenters. The Labute approximate surface area is 64.7 Å². The molecule has 1 aliphatic carbocycles. The Balaban J connectivity index is 2.15. The predicted molar refractivity (Wildman–Crippen MR) is 36.8 cm³/mol. The molecule has 2 fully saturated rings. The van der Waals surface area contributed by atoms with Gasteiger partial charge in [-0.2, -0.15) is 0 Å². The highest BCUT2D eigenvalue weighted by atomic mass is 16.6. The zero-order valence-electron chi connectivity index (χ0n) is 6.21. The van der Waals surface area contributed by atoms with Gasteiger partial charge in [-0.05, 0) is 12.8 Å². The molecule has 0 aromatic carbocycles. The summed E-state index contributed by atoms with van der Waals surface area (Å²) in [7, 11) is 0. The standard InChI is InChI=1S/C8H10O3/c9-6-3-1-2-5-4-7(10)11-8(5)6/h5,8H,1-4H2/t5-,8-/m0/s1. The van der Waals surface area contributed by atoms with Crippen LogP contribution in [0.3, 0.4) is 0 Å². The van der Waals surface area contributed by atoms with E-state index in [9.17, 15) is 9.59 Å². The van der Waals surface area contributed by atoms with Crippen LogP contribution >= 0.6 is 0 Å². The highest BCUT2D eigenvalue weighted by Gasteiger charge is 2.41. The van der Waals surface area contributed by atoms with Gasteiger partial charge in [-0.15, -0.1) is 0 Å². The van der Waals surface area contributed by atoms with Crippen LogP contribution in [0.2, 0.25) is 0 Å². The van der Waals surface area contributed by atoms with Crippen LogP contribution in [-0.4, -0.2) is 17.9 Å². The average Bonchev–Trinajstić information content (AvgIpc) is 2.31. The third-order valence-corrected chi connectivity index (χ3v) is 2.43. The van der Waals surface area contributed by atoms with Crippen molar-refractivity contribution in [3.63, 3.8) is 0 Å². The summed E-state index contributed by atoms with van der Waals surface area (Å²) >= 11 is 0. The van der Waals surface area contributed by atoms with Crippen molar-refractivity contribution in [1.29, 1.82) is 0 Å². The lowest BCUT2D eigenvalue weighted by Gasteiger charge is -2.20. The number of ether oxygens (including phenoxy) is 1. The van der Waals surface area contributed by atoms with Crippen LogP contribution < -0.4 is 0 Å². The second kappa shape index (κ2) is 2.32. The molecule has 0 radical (unpaired) electrons. The molecule has 0 aromatic rings. The summed E-state index contributed by atoms with van der Waals surface area (Å²) in [5.74, 6) is 0.117. The Hall–Kier alpha value is -0.860. The smallest absolute Gasteiger partial charge is 0.306 e. The highest BCUT2D eigenvalue weighted by Crippen LogP contribution is 2.32. The first kappa shape index (κ1) is 6.83. The van der Waals surface area contributed by atoms with E-state index in [0.29, 0.717) is 12.8 Å². The fourth-order valence-corrected chi connectivity index (χ4v) is 1.87. The minimum atomic E-state index is -0.378. The number of ketones is 1. The van der Waals surface area contributed by atoms with Gasteiger partial charge in [-0.3, -0.25) is 9.59 Å². The zero-order valence-corrected chi connectivity index (χ0v) is 6.21. The normalized spacial score (nSPS) is 36.7. The molecule has 0 spiro atoms. The van der Waals surface area contributed by atoms with E-state index in [0.717, 1.165) is 12.8 Å². The number of hydrogen-bond acceptors (Lipinski definition) is 3. The number of carbonyl (C=O) groups excluding carboxylic acids is 2. The van der Waals surface area contributed by atoms with Crippen molar-refractivity contribution in [2.24, 2.45) is 5.92 Å². The summed E-state index contributed by atoms with van der Waals surface area (Å²) in [4.78, 5) is 21.9. The van der Waals surface area contributed by atoms with Gasteiger partial charge in [0.1, 0.15) is 0 Å². The zero-order chi connectivity index (χ0) is 7.84. The Kier molecular flexibility index (Phi) is 1.44. The van der Waals surface area contributed by atoms with Crippen LogP contribution in [0.4, 0.5) is 0 Å². The van der Waals surface area contributed by atoms with Crippen LogP contribution in [-0.2, 0) is 14.3 Å². The van der Waals surface area contributed by atoms with Gasteiger partial charge in [0.05, 0.1) is 6.42 Å². The molecule has 60 valence electrons. The van der Waals surface area contributed by atoms with E-state index in [1.807, 2.05) is 0 Å². The summed E-state index contributed by atoms with van der Waals surface area (Å²) in [6.45, 7) is 0. The Morgan fingerprint density at radius 3 is 2.91 bits per heavy atom. The second-order valence-electron chi connectivity index (χ2n) is 3.23. The molecule has 0 unspecified atom stereocenters. The minimum absolute atomic E-state index is 0.118. The molecule has 1 saturated carbocycles. The fourth-order valence-electron chi connectivity index (χ4n) is 1.87. The van der Waals surface area contributed by atoms with Gasteiger partial charge in [0.25, 0.3) is 0 Å². The summed E-state index contributed by atoms with van der Waals surface area (Å²) in [6, 6.07) is 0. The first-order valence-corrected chi connectivity index (χ1v) is 3.99. The van der Waals surface area contributed by atoms with Crippen molar-refractivity contribution in [3.8, 4) is 0 Å². The van der Waals surface area contributed by atoms with E-state index < -0.39 is 0 Å². The van der Waals surface area contributed by atoms with E-state index in [4.69, 9.17) is 4.74 Å². The van der Waals surface area contributed by atoms with E-state index in [-0.39, 0.29) is 23.8 Å². The number of Topliss-reactive ketones (excluding diaryl/α,β-unsaturated/α-hetero) is 1. The van der Waals surface area contributed by atoms with Crippen molar-refractivity contribution < 1.29 is 14.3 Å². The van der Waals surface area contributed by atoms with Gasteiger partial charge in [0.2, 0.25) is 0 Å². The first-order valence-electron chi connectivity index (χ1n) is 3.99. The van der Waals surface area contributed by atoms with E-state index in [1.54, 1.807) is 0 Å². The van der Waals surface area contributed by atoms with Crippen molar-refractivity contribution in [1.82, 2.24) is 0 Å². The molecule has 2 aliphatic rings. The van der Waals surface area contributed by atoms with Crippen molar-refractivity contribution in [2.45, 2.75) is 31.8 Å². The van der Waals surface area contributed by atoms with Crippen LogP contribution in [0.25, 0.3) is 0 Å². The van der Waals surface area contributed by atoms with E-state index in [2.05, 4.69) is 0 Å². The Morgan fingerprint density at radius 1 is 1.36 bits per heavy atom. The molecule has 3 heteroatoms. The van der Waals surface area contributed by atoms with Gasteiger partial charge < -0.3 is 4.74 Å². The molecule has 1 heterocycles. The van der Waals surface area contributed by atoms with Gasteiger partial charge >= 0.3 is 5.97 Å². The third kappa shape index (κ3) is 1.04. The molecule has 0 bridgehead atoms. The summed E-state index contributed by atoms with van der Waals surface area (Å²) in [5, 5.41) is 0. The number of hydrogen-bond donors (Lipinski definition) is 0. The SMILES string of the molecule is O=C1C[C@@H]2CCCC(=O)[C@H]2O1. The lowest BCUT2D eigenvalue weighted by Crippen LogP contribution is -2.30. The molecule has 1 saturated heterocycles. The number of esters is 1. The molecule has 0 aromatic heterocycles. The molecule has 1 aliphatic heterocycles. The molecule has 11 heavy (non-hydrogen) atoms. The van der Waals surface area contributed by atoms with E-state index in [1.165, 1.54) is 0 Å². The number of fused-ring (bicyclic) bond motifs is 1. The quantitative estimate of drug-likeness (QED) is 0.482. The van der Waals surface area contributed by atoms with Crippen LogP contribution in [0, 0.1) is 5.92 Å². The lowest BCUT2D eigenvalue weighted by molar-refractivity contribution is -0.148. The predicted octanol–water partition coefficient (Wildman–Crippen LogP) is 0.671. The maximum Gasteiger partial charge on any atom is 0.306 e. The van der Waals surface area contributed by atoms with Gasteiger partial charge in [0, 0.05) is 12.3 Å². The molecular formula is C8H10O3. The molecular weight excluding hydrogens is 144 g/mol. The fraction of sp³-hybridized carbons (Fsp3) is 0.750. The average molecular weight is 154 g/mol. The van der Waals surface area contributed by atoms with Crippen molar-refractivity contribution >= 4 is 11.8 Å². The molecule has 3 nitrogen and oxygen atoms in total. The molecule has 0 N–H and O–H groups in total. The summed E-state index contributed by atoms with van der Waals surface area (Å²) in [5.41, 5.74) is 0. The maximum atomic E-state index is 11.1. The number of carbonyl (C=O) groups is 2. The van der Waals surface area contributed by atoms with E-state index >= 15 is 0 Å². The third-order valence-electron chi connectivity index (χ3n) is 2.43. The topological polar surface area (TPSA) is 43.4 Å². The van der Waals surface area contributed by atoms with Crippen LogP contribution in [0.5, 0.6) is 0 Å². The van der Waals surface area contributed by atoms with Crippen LogP contribution in [0.1, 0.15) is 25.7 Å². The lowest BCUT2D eigenvalue weighted by atomic mass is 9.85. The monoisotopic (exact) mass is 154 g/mol. The second-order valence-corrected chi connectivity index (χ2v) is 3.23. The van der Waals surface area contributed by atoms with Crippen molar-refractivity contribution in [2.75, 3.05) is 0 Å².